The van der Waals surface area contributed by atoms with Crippen LogP contribution in [0.4, 0.5) is 0 Å². The summed E-state index contributed by atoms with van der Waals surface area (Å²) in [5.74, 6) is 1.49. The number of hydrogen-bond acceptors (Lipinski definition) is 4. The summed E-state index contributed by atoms with van der Waals surface area (Å²) in [7, 11) is 1.74. The fourth-order valence-electron chi connectivity index (χ4n) is 4.08. The summed E-state index contributed by atoms with van der Waals surface area (Å²) in [4.78, 5) is 30.8. The van der Waals surface area contributed by atoms with Crippen LogP contribution >= 0.6 is 0 Å². The van der Waals surface area contributed by atoms with Crippen LogP contribution in [0.3, 0.4) is 0 Å². The Bertz CT molecular complexity index is 724. The molecule has 2 aliphatic rings. The number of carbonyl (C=O) groups excluding carboxylic acids is 2. The number of carbonyl (C=O) groups is 2. The van der Waals surface area contributed by atoms with Crippen molar-refractivity contribution in [2.75, 3.05) is 33.2 Å². The summed E-state index contributed by atoms with van der Waals surface area (Å²) >= 11 is 0. The van der Waals surface area contributed by atoms with Gasteiger partial charge in [-0.25, -0.2) is 0 Å². The van der Waals surface area contributed by atoms with E-state index in [0.29, 0.717) is 24.8 Å². The average molecular weight is 404 g/mol. The highest BCUT2D eigenvalue weighted by atomic mass is 16.3. The van der Waals surface area contributed by atoms with Gasteiger partial charge >= 0.3 is 0 Å². The normalized spacial score (nSPS) is 20.1. The summed E-state index contributed by atoms with van der Waals surface area (Å²) < 4.78 is 5.19. The van der Waals surface area contributed by atoms with Crippen LogP contribution in [0.1, 0.15) is 54.6 Å². The molecule has 8 nitrogen and oxygen atoms in total. The van der Waals surface area contributed by atoms with E-state index in [0.717, 1.165) is 50.3 Å². The first-order valence-electron chi connectivity index (χ1n) is 10.7. The Morgan fingerprint density at radius 1 is 1.21 bits per heavy atom. The summed E-state index contributed by atoms with van der Waals surface area (Å²) in [5.41, 5.74) is 0.835. The van der Waals surface area contributed by atoms with Crippen molar-refractivity contribution < 1.29 is 14.0 Å². The lowest BCUT2D eigenvalue weighted by Gasteiger charge is -2.21. The molecule has 160 valence electrons. The maximum absolute atomic E-state index is 12.6. The van der Waals surface area contributed by atoms with E-state index in [1.807, 2.05) is 11.8 Å². The monoisotopic (exact) mass is 403 g/mol. The van der Waals surface area contributed by atoms with Crippen molar-refractivity contribution in [2.24, 2.45) is 10.9 Å². The number of furan rings is 1. The van der Waals surface area contributed by atoms with E-state index >= 15 is 0 Å². The Morgan fingerprint density at radius 2 is 1.97 bits per heavy atom. The van der Waals surface area contributed by atoms with Gasteiger partial charge in [0.15, 0.2) is 11.7 Å². The van der Waals surface area contributed by atoms with Gasteiger partial charge in [-0.15, -0.1) is 0 Å². The van der Waals surface area contributed by atoms with Gasteiger partial charge in [-0.3, -0.25) is 14.6 Å². The molecule has 1 aliphatic carbocycles. The van der Waals surface area contributed by atoms with Crippen LogP contribution in [0.25, 0.3) is 0 Å². The zero-order valence-electron chi connectivity index (χ0n) is 17.5. The van der Waals surface area contributed by atoms with Crippen LogP contribution in [0.5, 0.6) is 0 Å². The third kappa shape index (κ3) is 5.74. The molecule has 3 rings (SSSR count). The highest BCUT2D eigenvalue weighted by Gasteiger charge is 2.32. The van der Waals surface area contributed by atoms with E-state index in [9.17, 15) is 9.59 Å². The first kappa shape index (κ1) is 21.2. The van der Waals surface area contributed by atoms with Gasteiger partial charge in [-0.2, -0.15) is 0 Å². The lowest BCUT2D eigenvalue weighted by atomic mass is 10.1. The molecular weight excluding hydrogens is 370 g/mol. The van der Waals surface area contributed by atoms with Gasteiger partial charge in [-0.1, -0.05) is 12.8 Å². The van der Waals surface area contributed by atoms with Gasteiger partial charge in [0, 0.05) is 50.7 Å². The molecule has 1 aliphatic heterocycles. The molecule has 1 aromatic rings. The Morgan fingerprint density at radius 3 is 2.66 bits per heavy atom. The molecule has 2 heterocycles. The standard InChI is InChI=1S/C21H33N5O3/c1-15-9-13-29-18(15)19(27)23-10-5-11-24-21(22-2)25-17-8-12-26(14-17)20(28)16-6-3-4-7-16/h9,13,16-17H,3-8,10-12,14H2,1-2H3,(H,23,27)(H2,22,24,25). The van der Waals surface area contributed by atoms with E-state index in [-0.39, 0.29) is 17.9 Å². The molecule has 2 amide bonds. The van der Waals surface area contributed by atoms with Crippen LogP contribution in [0, 0.1) is 12.8 Å². The van der Waals surface area contributed by atoms with Gasteiger partial charge in [0.05, 0.1) is 6.26 Å². The molecule has 8 heteroatoms. The number of aliphatic imine (C=N–C) groups is 1. The number of nitrogens with one attached hydrogen (secondary N) is 3. The number of nitrogens with zero attached hydrogens (tertiary/aromatic N) is 2. The molecule has 2 fully saturated rings. The Labute approximate surface area is 172 Å². The zero-order chi connectivity index (χ0) is 20.6. The minimum atomic E-state index is -0.187. The minimum absolute atomic E-state index is 0.187. The predicted molar refractivity (Wildman–Crippen MR) is 112 cm³/mol. The first-order valence-corrected chi connectivity index (χ1v) is 10.7. The maximum Gasteiger partial charge on any atom is 0.287 e. The number of hydrogen-bond donors (Lipinski definition) is 3. The van der Waals surface area contributed by atoms with Crippen LogP contribution in [-0.2, 0) is 4.79 Å². The van der Waals surface area contributed by atoms with E-state index < -0.39 is 0 Å². The van der Waals surface area contributed by atoms with Crippen molar-refractivity contribution in [3.63, 3.8) is 0 Å². The third-order valence-electron chi connectivity index (χ3n) is 5.77. The van der Waals surface area contributed by atoms with Crippen LogP contribution < -0.4 is 16.0 Å². The molecule has 0 bridgehead atoms. The summed E-state index contributed by atoms with van der Waals surface area (Å²) in [6.07, 6.45) is 7.70. The number of rotatable bonds is 7. The summed E-state index contributed by atoms with van der Waals surface area (Å²) in [6.45, 7) is 4.66. The largest absolute Gasteiger partial charge is 0.459 e. The van der Waals surface area contributed by atoms with E-state index in [2.05, 4.69) is 20.9 Å². The maximum atomic E-state index is 12.6. The van der Waals surface area contributed by atoms with Crippen molar-refractivity contribution in [3.8, 4) is 0 Å². The number of likely N-dealkylation sites (tertiary alicyclic amines) is 1. The number of aryl methyl sites for hydroxylation is 1. The smallest absolute Gasteiger partial charge is 0.287 e. The first-order chi connectivity index (χ1) is 14.1. The number of guanidine groups is 1. The molecule has 1 atom stereocenters. The van der Waals surface area contributed by atoms with Crippen LogP contribution in [0.15, 0.2) is 21.7 Å². The molecular formula is C21H33N5O3. The second-order valence-electron chi connectivity index (χ2n) is 7.94. The molecule has 0 spiro atoms. The molecule has 0 aromatic carbocycles. The SMILES string of the molecule is CN=C(NCCCNC(=O)c1occc1C)NC1CCN(C(=O)C2CCCC2)C1. The Balaban J connectivity index is 1.32. The lowest BCUT2D eigenvalue weighted by Crippen LogP contribution is -2.46. The van der Waals surface area contributed by atoms with Gasteiger partial charge < -0.3 is 25.3 Å². The van der Waals surface area contributed by atoms with Crippen LogP contribution in [0.2, 0.25) is 0 Å². The van der Waals surface area contributed by atoms with Gasteiger partial charge in [0.2, 0.25) is 5.91 Å². The van der Waals surface area contributed by atoms with Crippen LogP contribution in [-0.4, -0.2) is 61.9 Å². The Kier molecular flexibility index (Phi) is 7.55. The molecule has 1 saturated heterocycles. The second kappa shape index (κ2) is 10.3. The lowest BCUT2D eigenvalue weighted by molar-refractivity contribution is -0.134. The third-order valence-corrected chi connectivity index (χ3v) is 5.77. The topological polar surface area (TPSA) is 99.0 Å². The fourth-order valence-corrected chi connectivity index (χ4v) is 4.08. The highest BCUT2D eigenvalue weighted by molar-refractivity contribution is 5.92. The van der Waals surface area contributed by atoms with E-state index in [1.54, 1.807) is 13.1 Å². The van der Waals surface area contributed by atoms with Gasteiger partial charge in [-0.05, 0) is 38.7 Å². The van der Waals surface area contributed by atoms with Gasteiger partial charge in [0.1, 0.15) is 0 Å². The average Bonchev–Trinajstić information content (AvgIpc) is 3.48. The summed E-state index contributed by atoms with van der Waals surface area (Å²) in [6, 6.07) is 2.01. The van der Waals surface area contributed by atoms with Gasteiger partial charge in [0.25, 0.3) is 5.91 Å². The van der Waals surface area contributed by atoms with Crippen molar-refractivity contribution in [2.45, 2.75) is 51.5 Å². The van der Waals surface area contributed by atoms with E-state index in [4.69, 9.17) is 4.42 Å². The molecule has 1 aromatic heterocycles. The van der Waals surface area contributed by atoms with Crippen molar-refractivity contribution >= 4 is 17.8 Å². The molecule has 3 N–H and O–H groups in total. The quantitative estimate of drug-likeness (QED) is 0.365. The predicted octanol–water partition coefficient (Wildman–Crippen LogP) is 1.66. The molecule has 1 saturated carbocycles. The minimum Gasteiger partial charge on any atom is -0.459 e. The molecule has 29 heavy (non-hydrogen) atoms. The summed E-state index contributed by atoms with van der Waals surface area (Å²) in [5, 5.41) is 9.55. The Hall–Kier alpha value is -2.51. The molecule has 1 unspecified atom stereocenters. The zero-order valence-corrected chi connectivity index (χ0v) is 17.5. The van der Waals surface area contributed by atoms with Crippen molar-refractivity contribution in [1.29, 1.82) is 0 Å². The van der Waals surface area contributed by atoms with Crippen molar-refractivity contribution in [1.82, 2.24) is 20.9 Å². The number of amides is 2. The highest BCUT2D eigenvalue weighted by Crippen LogP contribution is 2.27. The molecule has 0 radical (unpaired) electrons. The second-order valence-corrected chi connectivity index (χ2v) is 7.94. The van der Waals surface area contributed by atoms with Crippen molar-refractivity contribution in [3.05, 3.63) is 23.7 Å². The van der Waals surface area contributed by atoms with E-state index in [1.165, 1.54) is 19.1 Å². The fraction of sp³-hybridized carbons (Fsp3) is 0.667.